The minimum Gasteiger partial charge on any atom is -0.383 e. The Labute approximate surface area is 188 Å². The van der Waals surface area contributed by atoms with Crippen molar-refractivity contribution in [2.45, 2.75) is 38.0 Å². The Hall–Kier alpha value is -2.31. The molecule has 0 atom stereocenters. The third-order valence-corrected chi connectivity index (χ3v) is 6.38. The van der Waals surface area contributed by atoms with Crippen LogP contribution < -0.4 is 4.90 Å². The predicted octanol–water partition coefficient (Wildman–Crippen LogP) is 3.31. The zero-order valence-corrected chi connectivity index (χ0v) is 18.9. The molecule has 0 saturated carbocycles. The maximum atomic E-state index is 13.1. The Kier molecular flexibility index (Phi) is 6.91. The van der Waals surface area contributed by atoms with E-state index in [2.05, 4.69) is 19.9 Å². The number of nitrogens with zero attached hydrogens (tertiary/aromatic N) is 7. The largest absolute Gasteiger partial charge is 0.406 e. The molecule has 12 heteroatoms. The lowest BCUT2D eigenvalue weighted by Crippen LogP contribution is -2.33. The summed E-state index contributed by atoms with van der Waals surface area (Å²) >= 11 is 1.64. The normalized spacial score (nSPS) is 16.2. The van der Waals surface area contributed by atoms with Gasteiger partial charge in [0.1, 0.15) is 12.4 Å². The van der Waals surface area contributed by atoms with Gasteiger partial charge in [-0.3, -0.25) is 9.88 Å². The van der Waals surface area contributed by atoms with E-state index in [-0.39, 0.29) is 11.6 Å². The Bertz CT molecular complexity index is 1020. The number of alkyl halides is 3. The molecule has 3 aromatic rings. The van der Waals surface area contributed by atoms with Gasteiger partial charge in [-0.2, -0.15) is 13.2 Å². The fourth-order valence-electron chi connectivity index (χ4n) is 3.93. The van der Waals surface area contributed by atoms with Crippen LogP contribution in [0.25, 0.3) is 11.2 Å². The van der Waals surface area contributed by atoms with E-state index in [0.717, 1.165) is 37.0 Å². The zero-order valence-electron chi connectivity index (χ0n) is 18.0. The summed E-state index contributed by atoms with van der Waals surface area (Å²) in [7, 11) is 3.44. The molecule has 0 amide bonds. The van der Waals surface area contributed by atoms with Gasteiger partial charge in [0.25, 0.3) is 0 Å². The molecule has 0 radical (unpaired) electrons. The smallest absolute Gasteiger partial charge is 0.383 e. The van der Waals surface area contributed by atoms with E-state index in [0.29, 0.717) is 30.3 Å². The van der Waals surface area contributed by atoms with Crippen LogP contribution in [0.3, 0.4) is 0 Å². The molecule has 1 saturated heterocycles. The first kappa shape index (κ1) is 22.9. The van der Waals surface area contributed by atoms with E-state index in [9.17, 15) is 13.2 Å². The number of rotatable bonds is 8. The number of hydrogen-bond acceptors (Lipinski definition) is 8. The van der Waals surface area contributed by atoms with E-state index in [4.69, 9.17) is 9.72 Å². The number of piperidine rings is 1. The lowest BCUT2D eigenvalue weighted by molar-refractivity contribution is -0.140. The first-order valence-corrected chi connectivity index (χ1v) is 11.3. The third-order valence-electron chi connectivity index (χ3n) is 5.62. The lowest BCUT2D eigenvalue weighted by atomic mass is 9.96. The van der Waals surface area contributed by atoms with Crippen LogP contribution in [0.2, 0.25) is 0 Å². The minimum atomic E-state index is -4.36. The van der Waals surface area contributed by atoms with E-state index >= 15 is 0 Å². The van der Waals surface area contributed by atoms with Crippen molar-refractivity contribution in [3.63, 3.8) is 0 Å². The van der Waals surface area contributed by atoms with Gasteiger partial charge in [0.15, 0.2) is 17.0 Å². The molecular formula is C20H26F3N7OS. The molecule has 1 fully saturated rings. The number of fused-ring (bicyclic) bond motifs is 1. The van der Waals surface area contributed by atoms with Gasteiger partial charge in [-0.25, -0.2) is 15.0 Å². The van der Waals surface area contributed by atoms with E-state index in [1.54, 1.807) is 18.4 Å². The second kappa shape index (κ2) is 9.67. The molecule has 0 unspecified atom stereocenters. The van der Waals surface area contributed by atoms with Crippen LogP contribution in [0.15, 0.2) is 18.0 Å². The summed E-state index contributed by atoms with van der Waals surface area (Å²) in [5, 5.41) is 0. The number of likely N-dealkylation sites (N-methyl/N-ethyl adjacent to an activating group) is 1. The van der Waals surface area contributed by atoms with Gasteiger partial charge < -0.3 is 14.2 Å². The quantitative estimate of drug-likeness (QED) is 0.501. The van der Waals surface area contributed by atoms with Crippen molar-refractivity contribution >= 4 is 28.3 Å². The number of aromatic nitrogens is 5. The number of methoxy groups -OCH3 is 1. The Morgan fingerprint density at radius 2 is 2.03 bits per heavy atom. The van der Waals surface area contributed by atoms with Crippen LogP contribution in [0.1, 0.15) is 29.5 Å². The molecule has 4 heterocycles. The van der Waals surface area contributed by atoms with Crippen molar-refractivity contribution in [2.75, 3.05) is 45.3 Å². The van der Waals surface area contributed by atoms with Gasteiger partial charge in [0.05, 0.1) is 18.4 Å². The van der Waals surface area contributed by atoms with Gasteiger partial charge in [-0.05, 0) is 25.9 Å². The van der Waals surface area contributed by atoms with Crippen molar-refractivity contribution in [3.05, 3.63) is 28.7 Å². The van der Waals surface area contributed by atoms with E-state index < -0.39 is 12.7 Å². The second-order valence-corrected chi connectivity index (χ2v) is 8.97. The molecule has 0 aromatic carbocycles. The van der Waals surface area contributed by atoms with Gasteiger partial charge in [-0.15, -0.1) is 11.3 Å². The molecule has 1 aliphatic heterocycles. The SMILES string of the molecule is COCCN(C)c1nc(C2CCN(Cc3cncs3)CC2)nc2c1ncn2CC(F)(F)F. The van der Waals surface area contributed by atoms with Crippen molar-refractivity contribution < 1.29 is 17.9 Å². The monoisotopic (exact) mass is 469 g/mol. The average Bonchev–Trinajstić information content (AvgIpc) is 3.41. The Morgan fingerprint density at radius 1 is 1.25 bits per heavy atom. The molecule has 8 nitrogen and oxygen atoms in total. The van der Waals surface area contributed by atoms with Crippen LogP contribution in [0.4, 0.5) is 19.0 Å². The second-order valence-electron chi connectivity index (χ2n) is 8.00. The van der Waals surface area contributed by atoms with Crippen LogP contribution in [0.5, 0.6) is 0 Å². The molecule has 174 valence electrons. The number of ether oxygens (including phenoxy) is 1. The van der Waals surface area contributed by atoms with Crippen LogP contribution in [-0.4, -0.2) is 76.0 Å². The summed E-state index contributed by atoms with van der Waals surface area (Å²) in [5.74, 6) is 1.20. The fraction of sp³-hybridized carbons (Fsp3) is 0.600. The summed E-state index contributed by atoms with van der Waals surface area (Å²) in [5.41, 5.74) is 2.43. The average molecular weight is 470 g/mol. The maximum Gasteiger partial charge on any atom is 0.406 e. The third kappa shape index (κ3) is 5.36. The highest BCUT2D eigenvalue weighted by atomic mass is 32.1. The van der Waals surface area contributed by atoms with Crippen LogP contribution in [0, 0.1) is 0 Å². The highest BCUT2D eigenvalue weighted by molar-refractivity contribution is 7.09. The number of likely N-dealkylation sites (tertiary alicyclic amines) is 1. The zero-order chi connectivity index (χ0) is 22.7. The number of hydrogen-bond donors (Lipinski definition) is 0. The van der Waals surface area contributed by atoms with Gasteiger partial charge in [-0.1, -0.05) is 0 Å². The highest BCUT2D eigenvalue weighted by Crippen LogP contribution is 2.31. The highest BCUT2D eigenvalue weighted by Gasteiger charge is 2.31. The molecule has 3 aromatic heterocycles. The first-order chi connectivity index (χ1) is 15.3. The van der Waals surface area contributed by atoms with Gasteiger partial charge in [0, 0.05) is 44.2 Å². The molecule has 1 aliphatic rings. The molecule has 4 rings (SSSR count). The number of imidazole rings is 1. The first-order valence-electron chi connectivity index (χ1n) is 10.4. The summed E-state index contributed by atoms with van der Waals surface area (Å²) in [6.07, 6.45) is 0.417. The molecule has 0 bridgehead atoms. The van der Waals surface area contributed by atoms with Crippen molar-refractivity contribution in [3.8, 4) is 0 Å². The van der Waals surface area contributed by atoms with Crippen molar-refractivity contribution in [1.82, 2.24) is 29.4 Å². The summed E-state index contributed by atoms with van der Waals surface area (Å²) in [6.45, 7) is 2.49. The van der Waals surface area contributed by atoms with E-state index in [1.807, 2.05) is 23.7 Å². The molecule has 0 spiro atoms. The lowest BCUT2D eigenvalue weighted by Gasteiger charge is -2.31. The van der Waals surface area contributed by atoms with Crippen molar-refractivity contribution in [2.24, 2.45) is 0 Å². The summed E-state index contributed by atoms with van der Waals surface area (Å²) in [6, 6.07) is 0. The minimum absolute atomic E-state index is 0.0842. The number of anilines is 1. The fourth-order valence-corrected chi connectivity index (χ4v) is 4.56. The maximum absolute atomic E-state index is 13.1. The molecule has 0 N–H and O–H groups in total. The summed E-state index contributed by atoms with van der Waals surface area (Å²) < 4.78 is 45.5. The topological polar surface area (TPSA) is 72.2 Å². The number of halogens is 3. The predicted molar refractivity (Wildman–Crippen MR) is 116 cm³/mol. The van der Waals surface area contributed by atoms with Crippen molar-refractivity contribution in [1.29, 1.82) is 0 Å². The van der Waals surface area contributed by atoms with Crippen LogP contribution >= 0.6 is 11.3 Å². The Morgan fingerprint density at radius 3 is 2.69 bits per heavy atom. The molecule has 0 aliphatic carbocycles. The van der Waals surface area contributed by atoms with Gasteiger partial charge >= 0.3 is 6.18 Å². The Balaban J connectivity index is 1.59. The molecule has 32 heavy (non-hydrogen) atoms. The standard InChI is InChI=1S/C20H26F3N7OS/c1-28(7-8-31-2)18-16-19(30(12-25-16)11-20(21,22)23)27-17(26-18)14-3-5-29(6-4-14)10-15-9-24-13-32-15/h9,12-14H,3-8,10-11H2,1-2H3. The summed E-state index contributed by atoms with van der Waals surface area (Å²) in [4.78, 5) is 23.1. The van der Waals surface area contributed by atoms with Gasteiger partial charge in [0.2, 0.25) is 0 Å². The number of thiazole rings is 1. The van der Waals surface area contributed by atoms with Crippen LogP contribution in [-0.2, 0) is 17.8 Å². The van der Waals surface area contributed by atoms with E-state index in [1.165, 1.54) is 11.2 Å². The molecular weight excluding hydrogens is 443 g/mol.